The highest BCUT2D eigenvalue weighted by atomic mass is 16.5. The summed E-state index contributed by atoms with van der Waals surface area (Å²) >= 11 is 0. The predicted molar refractivity (Wildman–Crippen MR) is 122 cm³/mol. The number of anilines is 1. The minimum atomic E-state index is -0.271. The average Bonchev–Trinajstić information content (AvgIpc) is 3.36. The zero-order valence-corrected chi connectivity index (χ0v) is 18.7. The van der Waals surface area contributed by atoms with E-state index in [0.717, 1.165) is 16.9 Å². The number of aromatic nitrogens is 5. The molecule has 0 atom stereocenters. The van der Waals surface area contributed by atoms with Crippen LogP contribution in [0.1, 0.15) is 73.5 Å². The van der Waals surface area contributed by atoms with Gasteiger partial charge in [0.25, 0.3) is 5.91 Å². The average molecular weight is 433 g/mol. The molecule has 0 saturated heterocycles. The fourth-order valence-corrected chi connectivity index (χ4v) is 4.40. The van der Waals surface area contributed by atoms with Crippen molar-refractivity contribution in [2.45, 2.75) is 64.9 Å². The van der Waals surface area contributed by atoms with Crippen molar-refractivity contribution in [2.75, 3.05) is 5.32 Å². The fraction of sp³-hybridized carbons (Fsp3) is 0.417. The summed E-state index contributed by atoms with van der Waals surface area (Å²) in [6.45, 7) is 5.84. The number of carbonyl (C=O) groups excluding carboxylic acids is 1. The molecular formula is C24H28N6O2. The van der Waals surface area contributed by atoms with E-state index in [4.69, 9.17) is 9.72 Å². The van der Waals surface area contributed by atoms with Crippen molar-refractivity contribution in [1.29, 1.82) is 0 Å². The minimum Gasteiger partial charge on any atom is -0.490 e. The summed E-state index contributed by atoms with van der Waals surface area (Å²) in [5.74, 6) is 0.738. The summed E-state index contributed by atoms with van der Waals surface area (Å²) in [4.78, 5) is 22.5. The molecule has 1 aliphatic carbocycles. The summed E-state index contributed by atoms with van der Waals surface area (Å²) in [7, 11) is 0. The Morgan fingerprint density at radius 1 is 1.16 bits per heavy atom. The van der Waals surface area contributed by atoms with Crippen molar-refractivity contribution in [2.24, 2.45) is 0 Å². The van der Waals surface area contributed by atoms with Crippen molar-refractivity contribution in [1.82, 2.24) is 24.0 Å². The van der Waals surface area contributed by atoms with Gasteiger partial charge in [-0.1, -0.05) is 19.3 Å². The number of imidazole rings is 1. The number of rotatable bonds is 5. The Balaban J connectivity index is 1.50. The number of aryl methyl sites for hydroxylation is 1. The van der Waals surface area contributed by atoms with E-state index in [2.05, 4.69) is 21.6 Å². The highest BCUT2D eigenvalue weighted by Crippen LogP contribution is 2.33. The number of pyridine rings is 1. The molecule has 1 amide bonds. The Morgan fingerprint density at radius 2 is 1.97 bits per heavy atom. The smallest absolute Gasteiger partial charge is 0.261 e. The molecule has 0 bridgehead atoms. The third-order valence-electron chi connectivity index (χ3n) is 5.94. The van der Waals surface area contributed by atoms with Crippen LogP contribution in [0, 0.1) is 6.92 Å². The van der Waals surface area contributed by atoms with Gasteiger partial charge in [0.05, 0.1) is 23.6 Å². The Labute approximate surface area is 186 Å². The molecule has 1 saturated carbocycles. The first-order valence-corrected chi connectivity index (χ1v) is 11.3. The second-order valence-corrected chi connectivity index (χ2v) is 8.90. The molecule has 4 aromatic heterocycles. The van der Waals surface area contributed by atoms with E-state index in [-0.39, 0.29) is 12.0 Å². The van der Waals surface area contributed by atoms with Crippen LogP contribution in [0.3, 0.4) is 0 Å². The topological polar surface area (TPSA) is 85.8 Å². The molecular weight excluding hydrogens is 404 g/mol. The molecule has 1 N–H and O–H groups in total. The van der Waals surface area contributed by atoms with Crippen molar-refractivity contribution in [3.63, 3.8) is 0 Å². The summed E-state index contributed by atoms with van der Waals surface area (Å²) in [6, 6.07) is 1.86. The minimum absolute atomic E-state index is 0.0709. The Kier molecular flexibility index (Phi) is 5.28. The predicted octanol–water partition coefficient (Wildman–Crippen LogP) is 4.77. The van der Waals surface area contributed by atoms with Gasteiger partial charge in [-0.25, -0.2) is 14.5 Å². The second-order valence-electron chi connectivity index (χ2n) is 8.90. The normalized spacial score (nSPS) is 15.0. The number of hydrogen-bond acceptors (Lipinski definition) is 5. The van der Waals surface area contributed by atoms with Gasteiger partial charge >= 0.3 is 0 Å². The maximum absolute atomic E-state index is 13.3. The Hall–Kier alpha value is -3.42. The van der Waals surface area contributed by atoms with Crippen LogP contribution in [-0.4, -0.2) is 36.0 Å². The Morgan fingerprint density at radius 3 is 2.75 bits per heavy atom. The molecule has 0 spiro atoms. The van der Waals surface area contributed by atoms with E-state index in [1.54, 1.807) is 16.9 Å². The van der Waals surface area contributed by atoms with Crippen LogP contribution in [0.5, 0.6) is 5.75 Å². The molecule has 0 aliphatic heterocycles. The summed E-state index contributed by atoms with van der Waals surface area (Å²) in [5, 5.41) is 7.25. The maximum Gasteiger partial charge on any atom is 0.261 e. The van der Waals surface area contributed by atoms with Gasteiger partial charge in [-0.05, 0) is 39.2 Å². The number of amides is 1. The number of nitrogens with zero attached hydrogens (tertiary/aromatic N) is 5. The number of fused-ring (bicyclic) bond motifs is 2. The number of carbonyl (C=O) groups is 1. The summed E-state index contributed by atoms with van der Waals surface area (Å²) < 4.78 is 9.59. The van der Waals surface area contributed by atoms with Crippen molar-refractivity contribution in [3.8, 4) is 5.75 Å². The molecule has 0 unspecified atom stereocenters. The van der Waals surface area contributed by atoms with Crippen LogP contribution in [0.2, 0.25) is 0 Å². The van der Waals surface area contributed by atoms with Gasteiger partial charge in [0.2, 0.25) is 0 Å². The zero-order chi connectivity index (χ0) is 22.2. The largest absolute Gasteiger partial charge is 0.490 e. The van der Waals surface area contributed by atoms with E-state index in [1.807, 2.05) is 43.6 Å². The lowest BCUT2D eigenvalue weighted by Gasteiger charge is -2.19. The molecule has 0 aromatic carbocycles. The van der Waals surface area contributed by atoms with Crippen LogP contribution in [-0.2, 0) is 0 Å². The third kappa shape index (κ3) is 3.92. The third-order valence-corrected chi connectivity index (χ3v) is 5.94. The number of ether oxygens (including phenoxy) is 1. The SMILES string of the molecule is Cc1cnc2c(NC(=O)c3cn4cc(C5CCCCC5)nc4cc3OC(C)C)cnn2c1. The molecule has 8 nitrogen and oxygen atoms in total. The quantitative estimate of drug-likeness (QED) is 0.491. The lowest BCUT2D eigenvalue weighted by atomic mass is 9.87. The van der Waals surface area contributed by atoms with Crippen LogP contribution < -0.4 is 10.1 Å². The van der Waals surface area contributed by atoms with Gasteiger partial charge < -0.3 is 14.5 Å². The molecule has 4 aromatic rings. The highest BCUT2D eigenvalue weighted by molar-refractivity contribution is 6.07. The molecule has 1 aliphatic rings. The molecule has 8 heteroatoms. The monoisotopic (exact) mass is 432 g/mol. The van der Waals surface area contributed by atoms with Crippen LogP contribution in [0.25, 0.3) is 11.3 Å². The van der Waals surface area contributed by atoms with Crippen molar-refractivity contribution < 1.29 is 9.53 Å². The Bertz CT molecular complexity index is 1280. The number of hydrogen-bond donors (Lipinski definition) is 1. The first-order valence-electron chi connectivity index (χ1n) is 11.3. The highest BCUT2D eigenvalue weighted by Gasteiger charge is 2.22. The van der Waals surface area contributed by atoms with Crippen LogP contribution in [0.4, 0.5) is 5.69 Å². The molecule has 0 radical (unpaired) electrons. The molecule has 4 heterocycles. The van der Waals surface area contributed by atoms with E-state index in [1.165, 1.54) is 32.1 Å². The van der Waals surface area contributed by atoms with E-state index in [0.29, 0.717) is 28.6 Å². The fourth-order valence-electron chi connectivity index (χ4n) is 4.40. The van der Waals surface area contributed by atoms with Gasteiger partial charge in [0, 0.05) is 36.8 Å². The van der Waals surface area contributed by atoms with Gasteiger partial charge in [-0.3, -0.25) is 4.79 Å². The summed E-state index contributed by atoms with van der Waals surface area (Å²) in [5.41, 5.74) is 4.49. The van der Waals surface area contributed by atoms with Gasteiger partial charge in [-0.15, -0.1) is 0 Å². The maximum atomic E-state index is 13.3. The van der Waals surface area contributed by atoms with Gasteiger partial charge in [0.15, 0.2) is 5.65 Å². The first kappa shape index (κ1) is 20.5. The number of nitrogens with one attached hydrogen (secondary N) is 1. The lowest BCUT2D eigenvalue weighted by Crippen LogP contribution is -2.16. The molecule has 166 valence electrons. The zero-order valence-electron chi connectivity index (χ0n) is 18.7. The van der Waals surface area contributed by atoms with E-state index in [9.17, 15) is 4.79 Å². The molecule has 5 rings (SSSR count). The van der Waals surface area contributed by atoms with E-state index >= 15 is 0 Å². The van der Waals surface area contributed by atoms with Gasteiger partial charge in [0.1, 0.15) is 17.1 Å². The van der Waals surface area contributed by atoms with Crippen molar-refractivity contribution in [3.05, 3.63) is 53.9 Å². The standard InChI is InChI=1S/C24H28N6O2/c1-15(2)32-21-9-22-27-20(17-7-5-4-6-8-17)14-29(22)13-18(21)24(31)28-19-11-26-30-12-16(3)10-25-23(19)30/h9-15,17H,4-8H2,1-3H3,(H,28,31). The van der Waals surface area contributed by atoms with Gasteiger partial charge in [-0.2, -0.15) is 5.10 Å². The lowest BCUT2D eigenvalue weighted by molar-refractivity contribution is 0.102. The second kappa shape index (κ2) is 8.26. The van der Waals surface area contributed by atoms with Crippen LogP contribution in [0.15, 0.2) is 37.1 Å². The molecule has 32 heavy (non-hydrogen) atoms. The van der Waals surface area contributed by atoms with Crippen LogP contribution >= 0.6 is 0 Å². The van der Waals surface area contributed by atoms with E-state index < -0.39 is 0 Å². The van der Waals surface area contributed by atoms with Crippen molar-refractivity contribution >= 4 is 22.9 Å². The first-order chi connectivity index (χ1) is 15.5. The summed E-state index contributed by atoms with van der Waals surface area (Å²) in [6.07, 6.45) is 15.2. The molecule has 1 fully saturated rings.